The summed E-state index contributed by atoms with van der Waals surface area (Å²) in [6.07, 6.45) is -3.88. The lowest BCUT2D eigenvalue weighted by molar-refractivity contribution is -0.139. The average molecular weight is 497 g/mol. The van der Waals surface area contributed by atoms with Crippen LogP contribution in [0.25, 0.3) is 17.5 Å². The van der Waals surface area contributed by atoms with Gasteiger partial charge >= 0.3 is 12.4 Å². The second-order valence-corrected chi connectivity index (χ2v) is 7.97. The van der Waals surface area contributed by atoms with E-state index in [1.165, 1.54) is 24.3 Å². The number of hydrogen-bond donors (Lipinski definition) is 1. The minimum atomic E-state index is -4.67. The van der Waals surface area contributed by atoms with Gasteiger partial charge in [0.25, 0.3) is 0 Å². The van der Waals surface area contributed by atoms with E-state index in [-0.39, 0.29) is 36.2 Å². The van der Waals surface area contributed by atoms with Crippen molar-refractivity contribution in [2.24, 2.45) is 0 Å². The molecule has 0 aliphatic carbocycles. The molecule has 4 rings (SSSR count). The summed E-state index contributed by atoms with van der Waals surface area (Å²) in [6.45, 7) is 0.755. The maximum atomic E-state index is 13.7. The van der Waals surface area contributed by atoms with Crippen LogP contribution in [0.1, 0.15) is 47.9 Å². The lowest BCUT2D eigenvalue weighted by atomic mass is 10.1. The molecule has 1 atom stereocenters. The van der Waals surface area contributed by atoms with Crippen molar-refractivity contribution in [2.75, 3.05) is 13.2 Å². The number of ether oxygens (including phenoxy) is 1. The van der Waals surface area contributed by atoms with Crippen molar-refractivity contribution < 1.29 is 35.6 Å². The van der Waals surface area contributed by atoms with Gasteiger partial charge in [-0.3, -0.25) is 0 Å². The van der Waals surface area contributed by atoms with Crippen molar-refractivity contribution in [3.8, 4) is 17.1 Å². The Morgan fingerprint density at radius 3 is 2.46 bits per heavy atom. The van der Waals surface area contributed by atoms with Crippen molar-refractivity contribution in [1.29, 1.82) is 0 Å². The Morgan fingerprint density at radius 1 is 1.03 bits per heavy atom. The summed E-state index contributed by atoms with van der Waals surface area (Å²) in [5, 5.41) is 7.00. The van der Waals surface area contributed by atoms with E-state index in [9.17, 15) is 26.3 Å². The number of hydrogen-bond acceptors (Lipinski definition) is 5. The van der Waals surface area contributed by atoms with E-state index in [1.54, 1.807) is 12.2 Å². The topological polar surface area (TPSA) is 60.2 Å². The lowest BCUT2D eigenvalue weighted by Crippen LogP contribution is -2.13. The largest absolute Gasteiger partial charge is 0.493 e. The summed E-state index contributed by atoms with van der Waals surface area (Å²) in [5.74, 6) is 0.0572. The van der Waals surface area contributed by atoms with Crippen LogP contribution in [-0.4, -0.2) is 23.3 Å². The van der Waals surface area contributed by atoms with E-state index < -0.39 is 23.5 Å². The highest BCUT2D eigenvalue weighted by atomic mass is 19.4. The van der Waals surface area contributed by atoms with Crippen molar-refractivity contribution in [3.05, 3.63) is 71.1 Å². The second kappa shape index (κ2) is 10.1. The fourth-order valence-corrected chi connectivity index (χ4v) is 3.65. The molecule has 0 saturated carbocycles. The maximum absolute atomic E-state index is 13.7. The van der Waals surface area contributed by atoms with Gasteiger partial charge in [0.15, 0.2) is 0 Å². The molecule has 5 nitrogen and oxygen atoms in total. The molecule has 11 heteroatoms. The molecule has 0 amide bonds. The van der Waals surface area contributed by atoms with E-state index in [0.717, 1.165) is 37.6 Å². The number of alkyl halides is 6. The van der Waals surface area contributed by atoms with Crippen LogP contribution in [0.5, 0.6) is 5.75 Å². The molecule has 1 saturated heterocycles. The van der Waals surface area contributed by atoms with Gasteiger partial charge in [-0.25, -0.2) is 0 Å². The Hall–Kier alpha value is -3.34. The first-order valence-corrected chi connectivity index (χ1v) is 10.9. The third kappa shape index (κ3) is 6.21. The molecule has 1 aliphatic heterocycles. The Balaban J connectivity index is 1.40. The number of aromatic nitrogens is 2. The molecule has 0 bridgehead atoms. The SMILES string of the molecule is FC(F)(F)c1ccc(/C=C/CCOc2ccc(-c3noc([C@@H]4CCCN4)n3)cc2C(F)(F)F)cc1. The summed E-state index contributed by atoms with van der Waals surface area (Å²) in [6, 6.07) is 8.01. The molecule has 0 spiro atoms. The standard InChI is InChI=1S/C24H21F6N3O2/c25-23(26,27)17-9-6-15(7-10-17)4-1-2-13-34-20-11-8-16(14-18(20)24(28,29)30)21-32-22(35-33-21)19-5-3-12-31-19/h1,4,6-11,14,19,31H,2-3,5,12-13H2/b4-1+/t19-/m0/s1. The van der Waals surface area contributed by atoms with Crippen molar-refractivity contribution >= 4 is 6.08 Å². The molecule has 1 aromatic heterocycles. The Morgan fingerprint density at radius 2 is 1.80 bits per heavy atom. The molecule has 1 aliphatic rings. The predicted molar refractivity (Wildman–Crippen MR) is 115 cm³/mol. The van der Waals surface area contributed by atoms with Gasteiger partial charge in [-0.15, -0.1) is 0 Å². The van der Waals surface area contributed by atoms with Gasteiger partial charge in [0.2, 0.25) is 11.7 Å². The van der Waals surface area contributed by atoms with Crippen molar-refractivity contribution in [3.63, 3.8) is 0 Å². The first kappa shape index (κ1) is 24.8. The molecule has 3 aromatic rings. The molecule has 35 heavy (non-hydrogen) atoms. The molecule has 186 valence electrons. The molecule has 1 fully saturated rings. The summed E-state index contributed by atoms with van der Waals surface area (Å²) < 4.78 is 89.4. The van der Waals surface area contributed by atoms with E-state index in [1.807, 2.05) is 0 Å². The number of halogens is 6. The zero-order valence-electron chi connectivity index (χ0n) is 18.3. The number of rotatable bonds is 7. The van der Waals surface area contributed by atoms with Gasteiger partial charge in [0.05, 0.1) is 23.8 Å². The van der Waals surface area contributed by atoms with E-state index in [0.29, 0.717) is 11.5 Å². The van der Waals surface area contributed by atoms with E-state index in [4.69, 9.17) is 9.26 Å². The third-order valence-electron chi connectivity index (χ3n) is 5.43. The van der Waals surface area contributed by atoms with Crippen LogP contribution >= 0.6 is 0 Å². The summed E-state index contributed by atoms with van der Waals surface area (Å²) >= 11 is 0. The maximum Gasteiger partial charge on any atom is 0.419 e. The van der Waals surface area contributed by atoms with Gasteiger partial charge in [-0.1, -0.05) is 29.4 Å². The highest BCUT2D eigenvalue weighted by molar-refractivity contribution is 5.59. The first-order valence-electron chi connectivity index (χ1n) is 10.9. The summed E-state index contributed by atoms with van der Waals surface area (Å²) in [4.78, 5) is 4.23. The van der Waals surface area contributed by atoms with Gasteiger partial charge in [-0.05, 0) is 61.7 Å². The predicted octanol–water partition coefficient (Wildman–Crippen LogP) is 6.68. The smallest absolute Gasteiger partial charge is 0.419 e. The van der Waals surface area contributed by atoms with Crippen molar-refractivity contribution in [2.45, 2.75) is 37.7 Å². The Kier molecular flexibility index (Phi) is 7.15. The minimum absolute atomic E-state index is 0.0563. The van der Waals surface area contributed by atoms with Crippen LogP contribution in [0.15, 0.2) is 53.1 Å². The number of nitrogens with one attached hydrogen (secondary N) is 1. The van der Waals surface area contributed by atoms with Crippen LogP contribution in [0.4, 0.5) is 26.3 Å². The Labute approximate surface area is 196 Å². The fourth-order valence-electron chi connectivity index (χ4n) is 3.65. The van der Waals surface area contributed by atoms with Crippen LogP contribution in [0.2, 0.25) is 0 Å². The van der Waals surface area contributed by atoms with Gasteiger partial charge < -0.3 is 14.6 Å². The third-order valence-corrected chi connectivity index (χ3v) is 5.43. The zero-order chi connectivity index (χ0) is 25.1. The van der Waals surface area contributed by atoms with E-state index in [2.05, 4.69) is 15.5 Å². The van der Waals surface area contributed by atoms with Gasteiger partial charge in [0, 0.05) is 5.56 Å². The summed E-state index contributed by atoms with van der Waals surface area (Å²) in [7, 11) is 0. The molecule has 2 aromatic carbocycles. The van der Waals surface area contributed by atoms with Crippen LogP contribution in [-0.2, 0) is 12.4 Å². The zero-order valence-corrected chi connectivity index (χ0v) is 18.3. The molecule has 1 N–H and O–H groups in total. The first-order chi connectivity index (χ1) is 16.6. The molecule has 0 radical (unpaired) electrons. The molecular weight excluding hydrogens is 476 g/mol. The molecular formula is C24H21F6N3O2. The highest BCUT2D eigenvalue weighted by Crippen LogP contribution is 2.39. The summed E-state index contributed by atoms with van der Waals surface area (Å²) in [5.41, 5.74) is -1.04. The van der Waals surface area contributed by atoms with Crippen LogP contribution in [0.3, 0.4) is 0 Å². The average Bonchev–Trinajstić information content (AvgIpc) is 3.50. The van der Waals surface area contributed by atoms with Crippen LogP contribution in [0, 0.1) is 0 Å². The monoisotopic (exact) mass is 497 g/mol. The fraction of sp³-hybridized carbons (Fsp3) is 0.333. The van der Waals surface area contributed by atoms with Gasteiger partial charge in [0.1, 0.15) is 5.75 Å². The lowest BCUT2D eigenvalue weighted by Gasteiger charge is -2.14. The molecule has 2 heterocycles. The highest BCUT2D eigenvalue weighted by Gasteiger charge is 2.35. The number of benzene rings is 2. The Bertz CT molecular complexity index is 1160. The van der Waals surface area contributed by atoms with Gasteiger partial charge in [-0.2, -0.15) is 31.3 Å². The quantitative estimate of drug-likeness (QED) is 0.292. The minimum Gasteiger partial charge on any atom is -0.493 e. The second-order valence-electron chi connectivity index (χ2n) is 7.97. The number of nitrogens with zero attached hydrogens (tertiary/aromatic N) is 2. The van der Waals surface area contributed by atoms with Crippen molar-refractivity contribution in [1.82, 2.24) is 15.5 Å². The normalized spacial score (nSPS) is 16.8. The van der Waals surface area contributed by atoms with E-state index >= 15 is 0 Å². The van der Waals surface area contributed by atoms with Crippen LogP contribution < -0.4 is 10.1 Å². The molecule has 0 unspecified atom stereocenters.